The molecule has 0 fully saturated rings. The fourth-order valence-electron chi connectivity index (χ4n) is 1.66. The van der Waals surface area contributed by atoms with Gasteiger partial charge >= 0.3 is 0 Å². The van der Waals surface area contributed by atoms with Crippen molar-refractivity contribution < 1.29 is 9.47 Å². The van der Waals surface area contributed by atoms with Crippen molar-refractivity contribution in [1.29, 1.82) is 0 Å². The molecule has 0 saturated heterocycles. The summed E-state index contributed by atoms with van der Waals surface area (Å²) in [6.45, 7) is 7.05. The van der Waals surface area contributed by atoms with E-state index in [4.69, 9.17) is 26.8 Å². The molecule has 0 spiro atoms. The molecule has 0 aliphatic carbocycles. The first-order valence-electron chi connectivity index (χ1n) is 6.25. The average Bonchev–Trinajstić information content (AvgIpc) is 2.30. The maximum absolute atomic E-state index is 5.95. The molecule has 0 saturated carbocycles. The minimum Gasteiger partial charge on any atom is -0.376 e. The van der Waals surface area contributed by atoms with E-state index >= 15 is 0 Å². The Balaban J connectivity index is 2.52. The van der Waals surface area contributed by atoms with Crippen LogP contribution < -0.4 is 5.73 Å². The molecule has 1 rings (SSSR count). The van der Waals surface area contributed by atoms with Crippen molar-refractivity contribution >= 4 is 11.6 Å². The van der Waals surface area contributed by atoms with Gasteiger partial charge in [0.2, 0.25) is 0 Å². The lowest BCUT2D eigenvalue weighted by atomic mass is 10.0. The van der Waals surface area contributed by atoms with E-state index in [-0.39, 0.29) is 18.2 Å². The van der Waals surface area contributed by atoms with Crippen LogP contribution >= 0.6 is 11.6 Å². The first-order valence-corrected chi connectivity index (χ1v) is 6.62. The van der Waals surface area contributed by atoms with E-state index in [0.717, 1.165) is 5.56 Å². The van der Waals surface area contributed by atoms with Gasteiger partial charge < -0.3 is 15.2 Å². The molecule has 18 heavy (non-hydrogen) atoms. The summed E-state index contributed by atoms with van der Waals surface area (Å²) in [5.74, 6) is 0. The summed E-state index contributed by atoms with van der Waals surface area (Å²) in [5.41, 5.74) is 6.99. The van der Waals surface area contributed by atoms with Crippen molar-refractivity contribution in [3.63, 3.8) is 0 Å². The fraction of sp³-hybridized carbons (Fsp3) is 0.571. The van der Waals surface area contributed by atoms with Crippen LogP contribution in [0.15, 0.2) is 24.3 Å². The van der Waals surface area contributed by atoms with Crippen molar-refractivity contribution in [1.82, 2.24) is 0 Å². The van der Waals surface area contributed by atoms with E-state index < -0.39 is 0 Å². The Bertz CT molecular complexity index is 338. The first-order chi connectivity index (χ1) is 8.50. The van der Waals surface area contributed by atoms with Crippen LogP contribution in [-0.4, -0.2) is 25.4 Å². The molecule has 4 heteroatoms. The third-order valence-electron chi connectivity index (χ3n) is 2.51. The molecular formula is C14H22ClNO2. The van der Waals surface area contributed by atoms with E-state index in [2.05, 4.69) is 0 Å². The van der Waals surface area contributed by atoms with Gasteiger partial charge in [0.05, 0.1) is 25.4 Å². The Hall–Kier alpha value is -0.610. The highest BCUT2D eigenvalue weighted by Gasteiger charge is 2.16. The summed E-state index contributed by atoms with van der Waals surface area (Å²) in [7, 11) is 0. The summed E-state index contributed by atoms with van der Waals surface area (Å²) in [5, 5.41) is 0.713. The number of rotatable bonds is 7. The Kier molecular flexibility index (Phi) is 6.65. The van der Waals surface area contributed by atoms with Gasteiger partial charge in [-0.05, 0) is 38.5 Å². The molecule has 2 unspecified atom stereocenters. The molecule has 3 nitrogen and oxygen atoms in total. The lowest BCUT2D eigenvalue weighted by molar-refractivity contribution is -0.0201. The zero-order chi connectivity index (χ0) is 13.5. The summed E-state index contributed by atoms with van der Waals surface area (Å²) >= 11 is 5.87. The molecule has 0 heterocycles. The SMILES string of the molecule is CC(C)OCCOC(c1ccc(Cl)cc1)C(C)N. The second-order valence-electron chi connectivity index (χ2n) is 4.62. The van der Waals surface area contributed by atoms with Crippen molar-refractivity contribution in [2.24, 2.45) is 5.73 Å². The predicted molar refractivity (Wildman–Crippen MR) is 74.9 cm³/mol. The van der Waals surface area contributed by atoms with Gasteiger partial charge in [0.15, 0.2) is 0 Å². The van der Waals surface area contributed by atoms with Crippen LogP contribution in [0.1, 0.15) is 32.4 Å². The standard InChI is InChI=1S/C14H22ClNO2/c1-10(2)17-8-9-18-14(11(3)16)12-4-6-13(15)7-5-12/h4-7,10-11,14H,8-9,16H2,1-3H3. The van der Waals surface area contributed by atoms with Crippen molar-refractivity contribution in [2.45, 2.75) is 39.0 Å². The highest BCUT2D eigenvalue weighted by molar-refractivity contribution is 6.30. The van der Waals surface area contributed by atoms with Crippen molar-refractivity contribution in [3.05, 3.63) is 34.9 Å². The number of halogens is 1. The normalized spacial score (nSPS) is 14.8. The highest BCUT2D eigenvalue weighted by Crippen LogP contribution is 2.22. The van der Waals surface area contributed by atoms with Crippen molar-refractivity contribution in [2.75, 3.05) is 13.2 Å². The van der Waals surface area contributed by atoms with Gasteiger partial charge in [-0.2, -0.15) is 0 Å². The van der Waals surface area contributed by atoms with Crippen LogP contribution in [0.5, 0.6) is 0 Å². The van der Waals surface area contributed by atoms with Gasteiger partial charge in [-0.15, -0.1) is 0 Å². The average molecular weight is 272 g/mol. The Labute approximate surface area is 114 Å². The monoisotopic (exact) mass is 271 g/mol. The van der Waals surface area contributed by atoms with Crippen molar-refractivity contribution in [3.8, 4) is 0 Å². The molecule has 0 aliphatic heterocycles. The van der Waals surface area contributed by atoms with Crippen LogP contribution in [0, 0.1) is 0 Å². The third kappa shape index (κ3) is 5.36. The molecule has 0 aliphatic rings. The predicted octanol–water partition coefficient (Wildman–Crippen LogP) is 3.17. The minimum absolute atomic E-state index is 0.0785. The summed E-state index contributed by atoms with van der Waals surface area (Å²) in [6, 6.07) is 7.50. The third-order valence-corrected chi connectivity index (χ3v) is 2.76. The van der Waals surface area contributed by atoms with Gasteiger partial charge in [0, 0.05) is 11.1 Å². The van der Waals surface area contributed by atoms with Gasteiger partial charge in [-0.3, -0.25) is 0 Å². The van der Waals surface area contributed by atoms with Gasteiger partial charge in [-0.1, -0.05) is 23.7 Å². The molecule has 0 radical (unpaired) electrons. The maximum atomic E-state index is 5.95. The Morgan fingerprint density at radius 1 is 1.06 bits per heavy atom. The number of hydrogen-bond acceptors (Lipinski definition) is 3. The summed E-state index contributed by atoms with van der Waals surface area (Å²) in [6.07, 6.45) is 0.0934. The van der Waals surface area contributed by atoms with E-state index in [1.165, 1.54) is 0 Å². The number of benzene rings is 1. The van der Waals surface area contributed by atoms with Crippen LogP contribution in [0.2, 0.25) is 5.02 Å². The Morgan fingerprint density at radius 3 is 2.11 bits per heavy atom. The molecule has 0 amide bonds. The summed E-state index contributed by atoms with van der Waals surface area (Å²) in [4.78, 5) is 0. The highest BCUT2D eigenvalue weighted by atomic mass is 35.5. The van der Waals surface area contributed by atoms with Gasteiger partial charge in [0.1, 0.15) is 0 Å². The van der Waals surface area contributed by atoms with Crippen LogP contribution in [0.25, 0.3) is 0 Å². The van der Waals surface area contributed by atoms with Gasteiger partial charge in [-0.25, -0.2) is 0 Å². The fourth-order valence-corrected chi connectivity index (χ4v) is 1.79. The van der Waals surface area contributed by atoms with Crippen LogP contribution in [0.3, 0.4) is 0 Å². The van der Waals surface area contributed by atoms with E-state index in [9.17, 15) is 0 Å². The Morgan fingerprint density at radius 2 is 1.61 bits per heavy atom. The van der Waals surface area contributed by atoms with E-state index in [1.807, 2.05) is 45.0 Å². The number of ether oxygens (including phenoxy) is 2. The van der Waals surface area contributed by atoms with E-state index in [0.29, 0.717) is 18.2 Å². The lowest BCUT2D eigenvalue weighted by Crippen LogP contribution is -2.28. The summed E-state index contributed by atoms with van der Waals surface area (Å²) < 4.78 is 11.2. The molecular weight excluding hydrogens is 250 g/mol. The smallest absolute Gasteiger partial charge is 0.0974 e. The molecule has 2 N–H and O–H groups in total. The molecule has 102 valence electrons. The molecule has 0 aromatic heterocycles. The second-order valence-corrected chi connectivity index (χ2v) is 5.06. The molecule has 1 aromatic carbocycles. The topological polar surface area (TPSA) is 44.5 Å². The quantitative estimate of drug-likeness (QED) is 0.775. The maximum Gasteiger partial charge on any atom is 0.0974 e. The van der Waals surface area contributed by atoms with Crippen LogP contribution in [-0.2, 0) is 9.47 Å². The number of nitrogens with two attached hydrogens (primary N) is 1. The molecule has 2 atom stereocenters. The zero-order valence-corrected chi connectivity index (χ0v) is 12.0. The molecule has 0 bridgehead atoms. The second kappa shape index (κ2) is 7.74. The zero-order valence-electron chi connectivity index (χ0n) is 11.2. The van der Waals surface area contributed by atoms with Gasteiger partial charge in [0.25, 0.3) is 0 Å². The largest absolute Gasteiger partial charge is 0.376 e. The first kappa shape index (κ1) is 15.4. The van der Waals surface area contributed by atoms with E-state index in [1.54, 1.807) is 0 Å². The lowest BCUT2D eigenvalue weighted by Gasteiger charge is -2.22. The van der Waals surface area contributed by atoms with Crippen LogP contribution in [0.4, 0.5) is 0 Å². The minimum atomic E-state index is -0.127. The molecule has 1 aromatic rings. The number of hydrogen-bond donors (Lipinski definition) is 1.